The number of rotatable bonds is 5. The van der Waals surface area contributed by atoms with Gasteiger partial charge in [0.05, 0.1) is 12.6 Å². The Labute approximate surface area is 149 Å². The van der Waals surface area contributed by atoms with Crippen molar-refractivity contribution in [2.75, 3.05) is 18.5 Å². The highest BCUT2D eigenvalue weighted by atomic mass is 35.5. The first-order valence-electron chi connectivity index (χ1n) is 7.60. The maximum atomic E-state index is 13.1. The van der Waals surface area contributed by atoms with Crippen LogP contribution in [0.5, 0.6) is 0 Å². The topological polar surface area (TPSA) is 64.0 Å². The number of halogens is 2. The van der Waals surface area contributed by atoms with Crippen molar-refractivity contribution in [2.45, 2.75) is 25.5 Å². The number of nitrogens with zero attached hydrogens (tertiary/aromatic N) is 3. The molecule has 1 saturated heterocycles. The Morgan fingerprint density at radius 1 is 1.50 bits per heavy atom. The summed E-state index contributed by atoms with van der Waals surface area (Å²) in [6.45, 7) is 1.87. The summed E-state index contributed by atoms with van der Waals surface area (Å²) in [4.78, 5) is 4.14. The van der Waals surface area contributed by atoms with Crippen LogP contribution in [0, 0.1) is 5.82 Å². The third kappa shape index (κ3) is 4.62. The van der Waals surface area contributed by atoms with Gasteiger partial charge in [-0.3, -0.25) is 5.32 Å². The highest BCUT2D eigenvalue weighted by Gasteiger charge is 2.15. The van der Waals surface area contributed by atoms with Crippen molar-refractivity contribution in [1.29, 1.82) is 0 Å². The molecule has 1 aromatic carbocycles. The summed E-state index contributed by atoms with van der Waals surface area (Å²) in [7, 11) is 0. The van der Waals surface area contributed by atoms with E-state index in [9.17, 15) is 4.39 Å². The molecular weight excluding hydrogens is 353 g/mol. The second-order valence-corrected chi connectivity index (χ2v) is 6.29. The van der Waals surface area contributed by atoms with Gasteiger partial charge in [-0.25, -0.2) is 14.1 Å². The minimum atomic E-state index is -0.368. The number of ether oxygens (including phenoxy) is 1. The molecular formula is C15H17ClFN5OS. The lowest BCUT2D eigenvalue weighted by atomic mass is 10.2. The van der Waals surface area contributed by atoms with Gasteiger partial charge in [-0.15, -0.1) is 5.10 Å². The minimum absolute atomic E-state index is 0.205. The van der Waals surface area contributed by atoms with E-state index in [1.165, 1.54) is 12.1 Å². The third-order valence-electron chi connectivity index (χ3n) is 3.62. The normalized spacial score (nSPS) is 17.0. The van der Waals surface area contributed by atoms with Gasteiger partial charge in [-0.05, 0) is 42.8 Å². The van der Waals surface area contributed by atoms with Crippen molar-refractivity contribution in [3.05, 3.63) is 40.9 Å². The summed E-state index contributed by atoms with van der Waals surface area (Å²) in [6, 6.07) is 4.26. The second kappa shape index (κ2) is 7.87. The molecule has 1 fully saturated rings. The second-order valence-electron chi connectivity index (χ2n) is 5.47. The number of nitrogens with one attached hydrogen (secondary N) is 2. The Kier molecular flexibility index (Phi) is 5.60. The van der Waals surface area contributed by atoms with Crippen LogP contribution in [0.1, 0.15) is 18.4 Å². The molecule has 1 unspecified atom stereocenters. The van der Waals surface area contributed by atoms with Crippen LogP contribution in [0.15, 0.2) is 24.5 Å². The van der Waals surface area contributed by atoms with E-state index in [0.29, 0.717) is 29.2 Å². The Hall–Kier alpha value is -1.77. The van der Waals surface area contributed by atoms with Gasteiger partial charge in [-0.2, -0.15) is 0 Å². The molecule has 128 valence electrons. The first kappa shape index (κ1) is 17.1. The standard InChI is InChI=1S/C15H17ClFN5OS/c16-13-6-11(17)4-3-10(13)8-22-9-19-14(21-22)20-15(24)18-7-12-2-1-5-23-12/h3-4,6,9,12H,1-2,5,7-8H2,(H2,18,20,21,24). The zero-order valence-corrected chi connectivity index (χ0v) is 14.4. The summed E-state index contributed by atoms with van der Waals surface area (Å²) in [5, 5.41) is 11.1. The molecule has 6 nitrogen and oxygen atoms in total. The number of benzene rings is 1. The lowest BCUT2D eigenvalue weighted by molar-refractivity contribution is 0.114. The Morgan fingerprint density at radius 3 is 3.12 bits per heavy atom. The fourth-order valence-corrected chi connectivity index (χ4v) is 2.81. The highest BCUT2D eigenvalue weighted by Crippen LogP contribution is 2.18. The lowest BCUT2D eigenvalue weighted by Gasteiger charge is -2.12. The van der Waals surface area contributed by atoms with Crippen molar-refractivity contribution >= 4 is 34.9 Å². The molecule has 3 rings (SSSR count). The van der Waals surface area contributed by atoms with Crippen molar-refractivity contribution in [3.63, 3.8) is 0 Å². The predicted molar refractivity (Wildman–Crippen MR) is 93.7 cm³/mol. The largest absolute Gasteiger partial charge is 0.376 e. The number of hydrogen-bond acceptors (Lipinski definition) is 4. The third-order valence-corrected chi connectivity index (χ3v) is 4.22. The number of anilines is 1. The average Bonchev–Trinajstić information content (AvgIpc) is 3.20. The zero-order chi connectivity index (χ0) is 16.9. The predicted octanol–water partition coefficient (Wildman–Crippen LogP) is 2.58. The van der Waals surface area contributed by atoms with Crippen LogP contribution < -0.4 is 10.6 Å². The van der Waals surface area contributed by atoms with E-state index < -0.39 is 0 Å². The molecule has 24 heavy (non-hydrogen) atoms. The highest BCUT2D eigenvalue weighted by molar-refractivity contribution is 7.80. The molecule has 1 aliphatic heterocycles. The molecule has 0 bridgehead atoms. The molecule has 0 amide bonds. The van der Waals surface area contributed by atoms with Gasteiger partial charge in [0, 0.05) is 18.2 Å². The van der Waals surface area contributed by atoms with Gasteiger partial charge in [-0.1, -0.05) is 17.7 Å². The van der Waals surface area contributed by atoms with Crippen LogP contribution in [0.25, 0.3) is 0 Å². The number of hydrogen-bond donors (Lipinski definition) is 2. The van der Waals surface area contributed by atoms with Crippen LogP contribution in [-0.4, -0.2) is 39.1 Å². The summed E-state index contributed by atoms with van der Waals surface area (Å²) in [5.41, 5.74) is 0.758. The van der Waals surface area contributed by atoms with Crippen molar-refractivity contribution in [2.24, 2.45) is 0 Å². The molecule has 0 radical (unpaired) electrons. The van der Waals surface area contributed by atoms with Gasteiger partial charge in [0.15, 0.2) is 5.11 Å². The van der Waals surface area contributed by atoms with Gasteiger partial charge in [0.1, 0.15) is 12.1 Å². The smallest absolute Gasteiger partial charge is 0.248 e. The van der Waals surface area contributed by atoms with Crippen molar-refractivity contribution in [1.82, 2.24) is 20.1 Å². The molecule has 0 spiro atoms. The van der Waals surface area contributed by atoms with E-state index in [4.69, 9.17) is 28.6 Å². The molecule has 1 atom stereocenters. The molecule has 1 aromatic heterocycles. The Bertz CT molecular complexity index is 720. The molecule has 0 saturated carbocycles. The summed E-state index contributed by atoms with van der Waals surface area (Å²) in [5.74, 6) is 0.0189. The molecule has 2 aromatic rings. The van der Waals surface area contributed by atoms with E-state index in [1.807, 2.05) is 0 Å². The Morgan fingerprint density at radius 2 is 2.38 bits per heavy atom. The number of aromatic nitrogens is 3. The quantitative estimate of drug-likeness (QED) is 0.790. The molecule has 0 aliphatic carbocycles. The maximum absolute atomic E-state index is 13.1. The molecule has 1 aliphatic rings. The summed E-state index contributed by atoms with van der Waals surface area (Å²) < 4.78 is 20.2. The van der Waals surface area contributed by atoms with Gasteiger partial charge < -0.3 is 10.1 Å². The van der Waals surface area contributed by atoms with Gasteiger partial charge >= 0.3 is 0 Å². The van der Waals surface area contributed by atoms with Crippen LogP contribution in [0.2, 0.25) is 5.02 Å². The number of thiocarbonyl (C=S) groups is 1. The SMILES string of the molecule is Fc1ccc(Cn2cnc(NC(=S)NCC3CCCO3)n2)c(Cl)c1. The molecule has 2 N–H and O–H groups in total. The van der Waals surface area contributed by atoms with E-state index in [1.54, 1.807) is 17.1 Å². The van der Waals surface area contributed by atoms with Crippen LogP contribution in [0.3, 0.4) is 0 Å². The van der Waals surface area contributed by atoms with Crippen LogP contribution in [-0.2, 0) is 11.3 Å². The van der Waals surface area contributed by atoms with E-state index in [2.05, 4.69) is 20.7 Å². The van der Waals surface area contributed by atoms with E-state index in [0.717, 1.165) is 25.0 Å². The van der Waals surface area contributed by atoms with Crippen molar-refractivity contribution < 1.29 is 9.13 Å². The van der Waals surface area contributed by atoms with E-state index >= 15 is 0 Å². The van der Waals surface area contributed by atoms with Crippen LogP contribution >= 0.6 is 23.8 Å². The van der Waals surface area contributed by atoms with E-state index in [-0.39, 0.29) is 11.9 Å². The average molecular weight is 370 g/mol. The monoisotopic (exact) mass is 369 g/mol. The van der Waals surface area contributed by atoms with Gasteiger partial charge in [0.25, 0.3) is 0 Å². The first-order valence-corrected chi connectivity index (χ1v) is 8.38. The van der Waals surface area contributed by atoms with Crippen LogP contribution in [0.4, 0.5) is 10.3 Å². The fraction of sp³-hybridized carbons (Fsp3) is 0.400. The zero-order valence-electron chi connectivity index (χ0n) is 12.8. The van der Waals surface area contributed by atoms with Gasteiger partial charge in [0.2, 0.25) is 5.95 Å². The first-order chi connectivity index (χ1) is 11.6. The lowest BCUT2D eigenvalue weighted by Crippen LogP contribution is -2.35. The summed E-state index contributed by atoms with van der Waals surface area (Å²) in [6.07, 6.45) is 3.90. The Balaban J connectivity index is 1.52. The summed E-state index contributed by atoms with van der Waals surface area (Å²) >= 11 is 11.2. The molecule has 9 heteroatoms. The minimum Gasteiger partial charge on any atom is -0.376 e. The fourth-order valence-electron chi connectivity index (χ4n) is 2.41. The maximum Gasteiger partial charge on any atom is 0.248 e. The van der Waals surface area contributed by atoms with Crippen molar-refractivity contribution in [3.8, 4) is 0 Å². The molecule has 2 heterocycles.